The number of hydrogen-bond acceptors (Lipinski definition) is 2. The highest BCUT2D eigenvalue weighted by molar-refractivity contribution is 9.09. The fourth-order valence-electron chi connectivity index (χ4n) is 2.18. The maximum absolute atomic E-state index is 12.2. The molecule has 5 heteroatoms. The first-order chi connectivity index (χ1) is 8.47. The molecule has 1 aromatic carbocycles. The van der Waals surface area contributed by atoms with Crippen molar-refractivity contribution in [3.63, 3.8) is 0 Å². The van der Waals surface area contributed by atoms with E-state index in [0.717, 1.165) is 31.2 Å². The molecule has 0 unspecified atom stereocenters. The van der Waals surface area contributed by atoms with Crippen LogP contribution in [0.15, 0.2) is 29.2 Å². The Hall–Kier alpha value is -0.390. The van der Waals surface area contributed by atoms with Gasteiger partial charge in [-0.2, -0.15) is 0 Å². The molecule has 1 aliphatic carbocycles. The molecule has 0 aromatic heterocycles. The van der Waals surface area contributed by atoms with Crippen molar-refractivity contribution in [2.24, 2.45) is 0 Å². The van der Waals surface area contributed by atoms with Crippen molar-refractivity contribution in [1.29, 1.82) is 0 Å². The predicted octanol–water partition coefficient (Wildman–Crippen LogP) is 2.98. The lowest BCUT2D eigenvalue weighted by molar-refractivity contribution is 0.422. The van der Waals surface area contributed by atoms with Crippen LogP contribution in [0.2, 0.25) is 0 Å². The number of aryl methyl sites for hydroxylation is 1. The SMILES string of the molecule is Cc1ccc(S(=O)(=O)NC2CCC(Br)CC2)cc1. The normalized spacial score (nSPS) is 25.0. The molecular weight excluding hydrogens is 314 g/mol. The molecule has 0 saturated heterocycles. The van der Waals surface area contributed by atoms with E-state index >= 15 is 0 Å². The standard InChI is InChI=1S/C13H18BrNO2S/c1-10-2-8-13(9-3-10)18(16,17)15-12-6-4-11(14)5-7-12/h2-3,8-9,11-12,15H,4-7H2,1H3. The summed E-state index contributed by atoms with van der Waals surface area (Å²) in [5, 5.41) is 0. The van der Waals surface area contributed by atoms with Crippen LogP contribution < -0.4 is 4.72 Å². The second-order valence-electron chi connectivity index (χ2n) is 4.88. The van der Waals surface area contributed by atoms with Crippen molar-refractivity contribution < 1.29 is 8.42 Å². The molecule has 3 nitrogen and oxygen atoms in total. The third-order valence-corrected chi connectivity index (χ3v) is 5.76. The van der Waals surface area contributed by atoms with Crippen molar-refractivity contribution in [2.75, 3.05) is 0 Å². The molecule has 0 bridgehead atoms. The van der Waals surface area contributed by atoms with Gasteiger partial charge in [-0.3, -0.25) is 0 Å². The van der Waals surface area contributed by atoms with Crippen LogP contribution in [0.1, 0.15) is 31.2 Å². The van der Waals surface area contributed by atoms with Gasteiger partial charge in [-0.25, -0.2) is 13.1 Å². The number of hydrogen-bond donors (Lipinski definition) is 1. The van der Waals surface area contributed by atoms with Crippen LogP contribution in [0.4, 0.5) is 0 Å². The molecule has 2 rings (SSSR count). The molecule has 0 amide bonds. The molecule has 0 radical (unpaired) electrons. The Kier molecular flexibility index (Phi) is 4.45. The Morgan fingerprint density at radius 1 is 1.11 bits per heavy atom. The van der Waals surface area contributed by atoms with E-state index in [0.29, 0.717) is 9.72 Å². The second-order valence-corrected chi connectivity index (χ2v) is 7.89. The first-order valence-electron chi connectivity index (χ1n) is 6.20. The summed E-state index contributed by atoms with van der Waals surface area (Å²) in [6, 6.07) is 7.04. The average molecular weight is 332 g/mol. The van der Waals surface area contributed by atoms with Gasteiger partial charge in [0, 0.05) is 10.9 Å². The molecule has 0 heterocycles. The lowest BCUT2D eigenvalue weighted by atomic mass is 9.96. The number of nitrogens with one attached hydrogen (secondary N) is 1. The van der Waals surface area contributed by atoms with Gasteiger partial charge in [0.25, 0.3) is 0 Å². The van der Waals surface area contributed by atoms with E-state index in [1.54, 1.807) is 12.1 Å². The Balaban J connectivity index is 2.05. The van der Waals surface area contributed by atoms with E-state index in [9.17, 15) is 8.42 Å². The molecule has 0 atom stereocenters. The van der Waals surface area contributed by atoms with E-state index in [1.165, 1.54) is 0 Å². The van der Waals surface area contributed by atoms with Crippen molar-refractivity contribution in [2.45, 2.75) is 48.4 Å². The minimum Gasteiger partial charge on any atom is -0.208 e. The quantitative estimate of drug-likeness (QED) is 0.865. The van der Waals surface area contributed by atoms with Crippen molar-refractivity contribution in [3.8, 4) is 0 Å². The lowest BCUT2D eigenvalue weighted by Gasteiger charge is -2.25. The zero-order valence-corrected chi connectivity index (χ0v) is 12.8. The summed E-state index contributed by atoms with van der Waals surface area (Å²) in [6.07, 6.45) is 3.87. The minimum atomic E-state index is -3.36. The number of benzene rings is 1. The van der Waals surface area contributed by atoms with Gasteiger partial charge in [0.15, 0.2) is 0 Å². The van der Waals surface area contributed by atoms with Gasteiger partial charge < -0.3 is 0 Å². The maximum atomic E-state index is 12.2. The highest BCUT2D eigenvalue weighted by atomic mass is 79.9. The largest absolute Gasteiger partial charge is 0.240 e. The molecule has 0 spiro atoms. The van der Waals surface area contributed by atoms with Gasteiger partial charge in [0.1, 0.15) is 0 Å². The number of rotatable bonds is 3. The van der Waals surface area contributed by atoms with Gasteiger partial charge in [0.05, 0.1) is 4.90 Å². The van der Waals surface area contributed by atoms with Crippen LogP contribution in [0.25, 0.3) is 0 Å². The van der Waals surface area contributed by atoms with E-state index in [2.05, 4.69) is 20.7 Å². The Labute approximate surface area is 117 Å². The van der Waals surface area contributed by atoms with E-state index in [-0.39, 0.29) is 6.04 Å². The summed E-state index contributed by atoms with van der Waals surface area (Å²) in [5.41, 5.74) is 1.06. The van der Waals surface area contributed by atoms with E-state index in [1.807, 2.05) is 19.1 Å². The fourth-order valence-corrected chi connectivity index (χ4v) is 4.01. The molecule has 1 fully saturated rings. The molecule has 1 aromatic rings. The molecular formula is C13H18BrNO2S. The average Bonchev–Trinajstić information content (AvgIpc) is 2.32. The first-order valence-corrected chi connectivity index (χ1v) is 8.60. The van der Waals surface area contributed by atoms with Crippen molar-refractivity contribution in [1.82, 2.24) is 4.72 Å². The van der Waals surface area contributed by atoms with Crippen LogP contribution in [0, 0.1) is 6.92 Å². The van der Waals surface area contributed by atoms with Gasteiger partial charge in [-0.05, 0) is 44.7 Å². The number of alkyl halides is 1. The molecule has 1 aliphatic rings. The molecule has 18 heavy (non-hydrogen) atoms. The second kappa shape index (κ2) is 5.72. The van der Waals surface area contributed by atoms with E-state index < -0.39 is 10.0 Å². The highest BCUT2D eigenvalue weighted by Gasteiger charge is 2.24. The van der Waals surface area contributed by atoms with Gasteiger partial charge >= 0.3 is 0 Å². The highest BCUT2D eigenvalue weighted by Crippen LogP contribution is 2.25. The summed E-state index contributed by atoms with van der Waals surface area (Å²) in [5.74, 6) is 0. The third kappa shape index (κ3) is 3.56. The van der Waals surface area contributed by atoms with Gasteiger partial charge in [-0.15, -0.1) is 0 Å². The smallest absolute Gasteiger partial charge is 0.208 e. The Morgan fingerprint density at radius 2 is 1.67 bits per heavy atom. The van der Waals surface area contributed by atoms with Crippen LogP contribution in [0.5, 0.6) is 0 Å². The van der Waals surface area contributed by atoms with Crippen LogP contribution in [-0.2, 0) is 10.0 Å². The predicted molar refractivity (Wildman–Crippen MR) is 76.5 cm³/mol. The third-order valence-electron chi connectivity index (χ3n) is 3.31. The minimum absolute atomic E-state index is 0.0742. The first kappa shape index (κ1) is 14.0. The summed E-state index contributed by atoms with van der Waals surface area (Å²) >= 11 is 3.57. The van der Waals surface area contributed by atoms with Gasteiger partial charge in [-0.1, -0.05) is 33.6 Å². The number of halogens is 1. The van der Waals surface area contributed by atoms with Gasteiger partial charge in [0.2, 0.25) is 10.0 Å². The summed E-state index contributed by atoms with van der Waals surface area (Å²) in [7, 11) is -3.36. The Morgan fingerprint density at radius 3 is 2.22 bits per heavy atom. The molecule has 0 aliphatic heterocycles. The molecule has 1 saturated carbocycles. The summed E-state index contributed by atoms with van der Waals surface area (Å²) < 4.78 is 27.1. The summed E-state index contributed by atoms with van der Waals surface area (Å²) in [4.78, 5) is 0.895. The fraction of sp³-hybridized carbons (Fsp3) is 0.538. The Bertz CT molecular complexity index is 490. The monoisotopic (exact) mass is 331 g/mol. The molecule has 1 N–H and O–H groups in total. The zero-order valence-electron chi connectivity index (χ0n) is 10.4. The lowest BCUT2D eigenvalue weighted by Crippen LogP contribution is -2.37. The van der Waals surface area contributed by atoms with Crippen LogP contribution in [0.3, 0.4) is 0 Å². The number of sulfonamides is 1. The topological polar surface area (TPSA) is 46.2 Å². The van der Waals surface area contributed by atoms with Crippen molar-refractivity contribution in [3.05, 3.63) is 29.8 Å². The maximum Gasteiger partial charge on any atom is 0.240 e. The van der Waals surface area contributed by atoms with Crippen LogP contribution in [-0.4, -0.2) is 19.3 Å². The molecule has 100 valence electrons. The van der Waals surface area contributed by atoms with Crippen LogP contribution >= 0.6 is 15.9 Å². The summed E-state index contributed by atoms with van der Waals surface area (Å²) in [6.45, 7) is 1.95. The van der Waals surface area contributed by atoms with Crippen molar-refractivity contribution >= 4 is 26.0 Å². The van der Waals surface area contributed by atoms with E-state index in [4.69, 9.17) is 0 Å². The zero-order chi connectivity index (χ0) is 13.2.